The number of rotatable bonds is 3. The molecule has 0 aliphatic carbocycles. The first-order valence-corrected chi connectivity index (χ1v) is 7.79. The number of fused-ring (bicyclic) bond motifs is 1. The highest BCUT2D eigenvalue weighted by molar-refractivity contribution is 5.53. The van der Waals surface area contributed by atoms with Crippen molar-refractivity contribution >= 4 is 0 Å². The van der Waals surface area contributed by atoms with Gasteiger partial charge in [-0.05, 0) is 25.2 Å². The summed E-state index contributed by atoms with van der Waals surface area (Å²) in [7, 11) is 2.19. The number of aromatic nitrogens is 3. The van der Waals surface area contributed by atoms with Gasteiger partial charge in [-0.2, -0.15) is 5.10 Å². The summed E-state index contributed by atoms with van der Waals surface area (Å²) in [5.41, 5.74) is 2.94. The number of nitrogens with zero attached hydrogens (tertiary/aromatic N) is 4. The van der Waals surface area contributed by atoms with E-state index in [1.165, 1.54) is 0 Å². The van der Waals surface area contributed by atoms with Crippen molar-refractivity contribution in [2.75, 3.05) is 33.3 Å². The highest BCUT2D eigenvalue weighted by atomic mass is 16.5. The number of morpholine rings is 1. The second kappa shape index (κ2) is 5.79. The van der Waals surface area contributed by atoms with Crippen LogP contribution in [0.5, 0.6) is 0 Å². The number of H-pyrrole nitrogens is 1. The standard InChI is InChI=1S/C16H21N5O/c1-20-6-7-22-16-11-21(10-15(16)20)9-12-8-14(19-18-12)13-4-2-3-5-17-13/h2-5,8,15-16H,6-7,9-11H2,1H3,(H,18,19)/t15-,16+/m0/s1. The molecular formula is C16H21N5O. The fourth-order valence-electron chi connectivity index (χ4n) is 3.39. The molecular weight excluding hydrogens is 278 g/mol. The van der Waals surface area contributed by atoms with Crippen molar-refractivity contribution in [2.45, 2.75) is 18.7 Å². The van der Waals surface area contributed by atoms with Crippen LogP contribution in [-0.2, 0) is 11.3 Å². The molecule has 4 rings (SSSR count). The zero-order chi connectivity index (χ0) is 14.9. The number of hydrogen-bond acceptors (Lipinski definition) is 5. The van der Waals surface area contributed by atoms with Gasteiger partial charge < -0.3 is 4.74 Å². The van der Waals surface area contributed by atoms with Crippen LogP contribution in [0, 0.1) is 0 Å². The lowest BCUT2D eigenvalue weighted by Crippen LogP contribution is -2.48. The molecule has 2 aliphatic heterocycles. The molecule has 0 amide bonds. The summed E-state index contributed by atoms with van der Waals surface area (Å²) < 4.78 is 5.90. The number of hydrogen-bond donors (Lipinski definition) is 1. The van der Waals surface area contributed by atoms with Gasteiger partial charge in [0.05, 0.1) is 18.4 Å². The summed E-state index contributed by atoms with van der Waals surface area (Å²) in [5.74, 6) is 0. The third-order valence-corrected chi connectivity index (χ3v) is 4.61. The zero-order valence-corrected chi connectivity index (χ0v) is 12.8. The van der Waals surface area contributed by atoms with E-state index in [9.17, 15) is 0 Å². The minimum atomic E-state index is 0.344. The normalized spacial score (nSPS) is 26.2. The largest absolute Gasteiger partial charge is 0.374 e. The molecule has 1 N–H and O–H groups in total. The van der Waals surface area contributed by atoms with Crippen LogP contribution in [0.1, 0.15) is 5.69 Å². The van der Waals surface area contributed by atoms with E-state index < -0.39 is 0 Å². The van der Waals surface area contributed by atoms with Crippen LogP contribution in [-0.4, -0.2) is 70.4 Å². The fraction of sp³-hybridized carbons (Fsp3) is 0.500. The van der Waals surface area contributed by atoms with Crippen molar-refractivity contribution in [1.29, 1.82) is 0 Å². The van der Waals surface area contributed by atoms with E-state index in [1.807, 2.05) is 18.2 Å². The molecule has 22 heavy (non-hydrogen) atoms. The smallest absolute Gasteiger partial charge is 0.111 e. The van der Waals surface area contributed by atoms with Gasteiger partial charge in [-0.25, -0.2) is 0 Å². The summed E-state index contributed by atoms with van der Waals surface area (Å²) in [4.78, 5) is 9.19. The van der Waals surface area contributed by atoms with E-state index in [0.29, 0.717) is 12.1 Å². The third kappa shape index (κ3) is 2.65. The summed E-state index contributed by atoms with van der Waals surface area (Å²) in [6, 6.07) is 8.49. The average Bonchev–Trinajstić information content (AvgIpc) is 3.16. The van der Waals surface area contributed by atoms with Gasteiger partial charge in [-0.3, -0.25) is 19.9 Å². The SMILES string of the molecule is CN1CCO[C@@H]2CN(Cc3cc(-c4ccccn4)n[nH]3)C[C@@H]21. The van der Waals surface area contributed by atoms with Gasteiger partial charge in [0, 0.05) is 44.1 Å². The van der Waals surface area contributed by atoms with Crippen LogP contribution in [0.25, 0.3) is 11.4 Å². The van der Waals surface area contributed by atoms with Crippen molar-refractivity contribution in [3.8, 4) is 11.4 Å². The van der Waals surface area contributed by atoms with Crippen LogP contribution in [0.15, 0.2) is 30.5 Å². The molecule has 4 heterocycles. The number of nitrogens with one attached hydrogen (secondary N) is 1. The maximum Gasteiger partial charge on any atom is 0.111 e. The Morgan fingerprint density at radius 1 is 1.32 bits per heavy atom. The summed E-state index contributed by atoms with van der Waals surface area (Å²) in [5, 5.41) is 7.52. The molecule has 0 bridgehead atoms. The summed E-state index contributed by atoms with van der Waals surface area (Å²) >= 11 is 0. The number of aromatic amines is 1. The number of likely N-dealkylation sites (tertiary alicyclic amines) is 1. The van der Waals surface area contributed by atoms with Crippen molar-refractivity contribution in [3.63, 3.8) is 0 Å². The molecule has 2 atom stereocenters. The molecule has 0 unspecified atom stereocenters. The molecule has 2 aliphatic rings. The van der Waals surface area contributed by atoms with Gasteiger partial charge in [0.15, 0.2) is 0 Å². The van der Waals surface area contributed by atoms with E-state index in [4.69, 9.17) is 4.74 Å². The maximum absolute atomic E-state index is 5.90. The summed E-state index contributed by atoms with van der Waals surface area (Å²) in [6.07, 6.45) is 2.14. The molecule has 2 aromatic rings. The first-order chi connectivity index (χ1) is 10.8. The molecule has 0 radical (unpaired) electrons. The average molecular weight is 299 g/mol. The molecule has 2 fully saturated rings. The molecule has 0 aromatic carbocycles. The molecule has 2 saturated heterocycles. The molecule has 2 aromatic heterocycles. The van der Waals surface area contributed by atoms with E-state index in [2.05, 4.69) is 38.1 Å². The van der Waals surface area contributed by atoms with Crippen LogP contribution in [0.2, 0.25) is 0 Å². The zero-order valence-electron chi connectivity index (χ0n) is 12.8. The molecule has 6 nitrogen and oxygen atoms in total. The predicted molar refractivity (Wildman–Crippen MR) is 83.3 cm³/mol. The van der Waals surface area contributed by atoms with Gasteiger partial charge in [-0.1, -0.05) is 6.07 Å². The number of ether oxygens (including phenoxy) is 1. The molecule has 116 valence electrons. The van der Waals surface area contributed by atoms with Crippen molar-refractivity contribution < 1.29 is 4.74 Å². The minimum absolute atomic E-state index is 0.344. The number of pyridine rings is 1. The molecule has 6 heteroatoms. The predicted octanol–water partition coefficient (Wildman–Crippen LogP) is 0.986. The van der Waals surface area contributed by atoms with Crippen molar-refractivity contribution in [2.24, 2.45) is 0 Å². The summed E-state index contributed by atoms with van der Waals surface area (Å²) in [6.45, 7) is 4.80. The third-order valence-electron chi connectivity index (χ3n) is 4.61. The Morgan fingerprint density at radius 2 is 2.27 bits per heavy atom. The van der Waals surface area contributed by atoms with Crippen LogP contribution in [0.3, 0.4) is 0 Å². The number of likely N-dealkylation sites (N-methyl/N-ethyl adjacent to an activating group) is 1. The first kappa shape index (κ1) is 13.9. The maximum atomic E-state index is 5.90. The van der Waals surface area contributed by atoms with E-state index in [1.54, 1.807) is 6.20 Å². The molecule has 0 spiro atoms. The second-order valence-corrected chi connectivity index (χ2v) is 6.14. The van der Waals surface area contributed by atoms with Gasteiger partial charge in [0.25, 0.3) is 0 Å². The van der Waals surface area contributed by atoms with Gasteiger partial charge >= 0.3 is 0 Å². The topological polar surface area (TPSA) is 57.3 Å². The van der Waals surface area contributed by atoms with Gasteiger partial charge in [0.2, 0.25) is 0 Å². The monoisotopic (exact) mass is 299 g/mol. The Morgan fingerprint density at radius 3 is 3.09 bits per heavy atom. The Labute approximate surface area is 130 Å². The quantitative estimate of drug-likeness (QED) is 0.916. The van der Waals surface area contributed by atoms with Gasteiger partial charge in [-0.15, -0.1) is 0 Å². The Bertz CT molecular complexity index is 628. The van der Waals surface area contributed by atoms with E-state index >= 15 is 0 Å². The second-order valence-electron chi connectivity index (χ2n) is 6.14. The first-order valence-electron chi connectivity index (χ1n) is 7.79. The minimum Gasteiger partial charge on any atom is -0.374 e. The van der Waals surface area contributed by atoms with Gasteiger partial charge in [0.1, 0.15) is 5.69 Å². The van der Waals surface area contributed by atoms with Crippen LogP contribution < -0.4 is 0 Å². The fourth-order valence-corrected chi connectivity index (χ4v) is 3.39. The lowest BCUT2D eigenvalue weighted by atomic mass is 10.1. The van der Waals surface area contributed by atoms with E-state index in [0.717, 1.165) is 49.9 Å². The lowest BCUT2D eigenvalue weighted by molar-refractivity contribution is -0.0370. The van der Waals surface area contributed by atoms with Crippen molar-refractivity contribution in [1.82, 2.24) is 25.0 Å². The van der Waals surface area contributed by atoms with Crippen molar-refractivity contribution in [3.05, 3.63) is 36.2 Å². The Hall–Kier alpha value is -1.76. The van der Waals surface area contributed by atoms with Crippen LogP contribution >= 0.6 is 0 Å². The molecule has 0 saturated carbocycles. The highest BCUT2D eigenvalue weighted by Gasteiger charge is 2.38. The highest BCUT2D eigenvalue weighted by Crippen LogP contribution is 2.23. The Kier molecular flexibility index (Phi) is 3.65. The Balaban J connectivity index is 1.43. The van der Waals surface area contributed by atoms with E-state index in [-0.39, 0.29) is 0 Å². The lowest BCUT2D eigenvalue weighted by Gasteiger charge is -2.33. The van der Waals surface area contributed by atoms with Crippen LogP contribution in [0.4, 0.5) is 0 Å².